The highest BCUT2D eigenvalue weighted by atomic mass is 16.8. The van der Waals surface area contributed by atoms with Gasteiger partial charge in [-0.05, 0) is 38.5 Å². The predicted octanol–water partition coefficient (Wildman–Crippen LogP) is 7.33. The van der Waals surface area contributed by atoms with Crippen molar-refractivity contribution in [2.45, 2.75) is 356 Å². The highest BCUT2D eigenvalue weighted by Crippen LogP contribution is 2.33. The van der Waals surface area contributed by atoms with Crippen LogP contribution < -0.4 is 5.32 Å². The lowest BCUT2D eigenvalue weighted by Crippen LogP contribution is -2.66. The molecule has 17 unspecified atom stereocenters. The minimum atomic E-state index is -1.97. The largest absolute Gasteiger partial charge is 0.394 e. The lowest BCUT2D eigenvalue weighted by molar-refractivity contribution is -0.379. The molecule has 3 aliphatic rings. The first kappa shape index (κ1) is 74.8. The zero-order chi connectivity index (χ0) is 59.7. The van der Waals surface area contributed by atoms with Crippen LogP contribution in [0.1, 0.15) is 251 Å². The van der Waals surface area contributed by atoms with E-state index in [1.54, 1.807) is 0 Å². The molecule has 3 fully saturated rings. The maximum absolute atomic E-state index is 13.4. The fourth-order valence-electron chi connectivity index (χ4n) is 11.4. The van der Waals surface area contributed by atoms with E-state index in [4.69, 9.17) is 28.4 Å². The van der Waals surface area contributed by atoms with Crippen molar-refractivity contribution in [3.05, 3.63) is 12.2 Å². The fraction of sp³-hybridized carbons (Fsp3) is 0.952. The smallest absolute Gasteiger partial charge is 0.220 e. The number of carbonyl (C=O) groups excluding carboxylic acids is 1. The van der Waals surface area contributed by atoms with Gasteiger partial charge in [0.15, 0.2) is 18.9 Å². The summed E-state index contributed by atoms with van der Waals surface area (Å²) in [4.78, 5) is 13.4. The molecule has 1 amide bonds. The highest BCUT2D eigenvalue weighted by molar-refractivity contribution is 5.76. The average Bonchev–Trinajstić information content (AvgIpc) is 3.64. The van der Waals surface area contributed by atoms with Crippen LogP contribution in [-0.4, -0.2) is 193 Å². The molecule has 0 aromatic carbocycles. The van der Waals surface area contributed by atoms with Gasteiger partial charge in [0.2, 0.25) is 5.91 Å². The molecule has 3 saturated heterocycles. The zero-order valence-corrected chi connectivity index (χ0v) is 50.7. The lowest BCUT2D eigenvalue weighted by Gasteiger charge is -2.48. The van der Waals surface area contributed by atoms with Gasteiger partial charge in [-0.15, -0.1) is 0 Å². The molecule has 3 aliphatic heterocycles. The molecule has 82 heavy (non-hydrogen) atoms. The van der Waals surface area contributed by atoms with Crippen LogP contribution in [0, 0.1) is 0 Å². The van der Waals surface area contributed by atoms with Crippen molar-refractivity contribution in [1.29, 1.82) is 0 Å². The Kier molecular flexibility index (Phi) is 42.5. The number of amides is 1. The Bertz CT molecular complexity index is 1550. The van der Waals surface area contributed by atoms with Crippen molar-refractivity contribution in [3.63, 3.8) is 0 Å². The molecule has 0 aromatic heterocycles. The molecule has 484 valence electrons. The predicted molar refractivity (Wildman–Crippen MR) is 314 cm³/mol. The monoisotopic (exact) mass is 1180 g/mol. The van der Waals surface area contributed by atoms with E-state index in [0.29, 0.717) is 12.8 Å². The lowest BCUT2D eigenvalue weighted by atomic mass is 9.96. The maximum Gasteiger partial charge on any atom is 0.220 e. The molecule has 3 rings (SSSR count). The number of aliphatic hydroxyl groups excluding tert-OH is 11. The Morgan fingerprint density at radius 1 is 0.427 bits per heavy atom. The second-order valence-electron chi connectivity index (χ2n) is 23.9. The second-order valence-corrected chi connectivity index (χ2v) is 23.9. The molecule has 19 nitrogen and oxygen atoms in total. The van der Waals surface area contributed by atoms with E-state index in [0.717, 1.165) is 44.9 Å². The SMILES string of the molecule is CCCCCCCCCC/C=C\CCCCCCCCCCCCCCCCCC(=O)NC(COC1OC(CO)C(OC2OC(CO)C(OC3OC(CO)C(O)C(O)C3O)C(O)C2O)C(O)C1O)C(O)CCCCCCCCCCCC. The van der Waals surface area contributed by atoms with Crippen LogP contribution in [0.15, 0.2) is 12.2 Å². The number of unbranched alkanes of at least 4 members (excludes halogenated alkanes) is 32. The molecule has 0 aliphatic carbocycles. The number of carbonyl (C=O) groups is 1. The van der Waals surface area contributed by atoms with Gasteiger partial charge in [-0.2, -0.15) is 0 Å². The van der Waals surface area contributed by atoms with Gasteiger partial charge in [0.25, 0.3) is 0 Å². The minimum absolute atomic E-state index is 0.241. The van der Waals surface area contributed by atoms with E-state index < -0.39 is 124 Å². The van der Waals surface area contributed by atoms with Crippen LogP contribution in [0.25, 0.3) is 0 Å². The van der Waals surface area contributed by atoms with E-state index in [-0.39, 0.29) is 18.9 Å². The first-order valence-corrected chi connectivity index (χ1v) is 32.9. The van der Waals surface area contributed by atoms with Gasteiger partial charge < -0.3 is 89.9 Å². The molecular formula is C63H119NO18. The van der Waals surface area contributed by atoms with E-state index >= 15 is 0 Å². The number of rotatable bonds is 50. The van der Waals surface area contributed by atoms with Gasteiger partial charge in [-0.25, -0.2) is 0 Å². The normalized spacial score (nSPS) is 29.6. The van der Waals surface area contributed by atoms with Crippen molar-refractivity contribution in [2.24, 2.45) is 0 Å². The fourth-order valence-corrected chi connectivity index (χ4v) is 11.4. The maximum atomic E-state index is 13.4. The van der Waals surface area contributed by atoms with Crippen molar-refractivity contribution >= 4 is 5.91 Å². The highest BCUT2D eigenvalue weighted by Gasteiger charge is 2.53. The number of nitrogens with one attached hydrogen (secondary N) is 1. The van der Waals surface area contributed by atoms with E-state index in [1.165, 1.54) is 173 Å². The Labute approximate surface area is 493 Å². The van der Waals surface area contributed by atoms with E-state index in [2.05, 4.69) is 31.3 Å². The van der Waals surface area contributed by atoms with Crippen LogP contribution >= 0.6 is 0 Å². The van der Waals surface area contributed by atoms with Crippen LogP contribution in [-0.2, 0) is 33.2 Å². The number of hydrogen-bond acceptors (Lipinski definition) is 18. The Balaban J connectivity index is 1.38. The molecule has 0 saturated carbocycles. The molecule has 0 spiro atoms. The van der Waals surface area contributed by atoms with Crippen LogP contribution in [0.2, 0.25) is 0 Å². The molecule has 17 atom stereocenters. The van der Waals surface area contributed by atoms with Crippen molar-refractivity contribution in [3.8, 4) is 0 Å². The van der Waals surface area contributed by atoms with Gasteiger partial charge in [0.05, 0.1) is 38.6 Å². The Morgan fingerprint density at radius 3 is 1.18 bits per heavy atom. The summed E-state index contributed by atoms with van der Waals surface area (Å²) in [7, 11) is 0. The van der Waals surface area contributed by atoms with Crippen LogP contribution in [0.3, 0.4) is 0 Å². The van der Waals surface area contributed by atoms with Crippen molar-refractivity contribution < 1.29 is 89.4 Å². The van der Waals surface area contributed by atoms with Gasteiger partial charge >= 0.3 is 0 Å². The molecule has 19 heteroatoms. The third-order valence-electron chi connectivity index (χ3n) is 16.8. The van der Waals surface area contributed by atoms with Gasteiger partial charge in [0.1, 0.15) is 73.2 Å². The summed E-state index contributed by atoms with van der Waals surface area (Å²) < 4.78 is 34.3. The Hall–Kier alpha value is -1.47. The molecule has 0 aromatic rings. The standard InChI is InChI=1S/C63H119NO18/c1-3-5-7-9-11-13-15-16-17-18-19-20-21-22-23-24-25-26-27-28-29-30-31-33-35-37-39-41-51(69)64-46(47(68)40-38-36-34-32-14-12-10-8-6-4-2)45-77-61-57(75)54(72)59(49(43-66)79-61)82-63-58(76)55(73)60(50(44-67)80-63)81-62-56(74)53(71)52(70)48(42-65)78-62/h18-19,46-50,52-63,65-68,70-76H,3-17,20-45H2,1-2H3,(H,64,69)/b19-18-. The third kappa shape index (κ3) is 29.5. The van der Waals surface area contributed by atoms with Crippen LogP contribution in [0.4, 0.5) is 0 Å². The topological polar surface area (TPSA) is 307 Å². The number of allylic oxidation sites excluding steroid dienone is 2. The summed E-state index contributed by atoms with van der Waals surface area (Å²) in [6.07, 6.45) is 21.8. The average molecular weight is 1180 g/mol. The van der Waals surface area contributed by atoms with Gasteiger partial charge in [0, 0.05) is 6.42 Å². The second kappa shape index (κ2) is 46.7. The Morgan fingerprint density at radius 2 is 0.768 bits per heavy atom. The zero-order valence-electron chi connectivity index (χ0n) is 50.7. The summed E-state index contributed by atoms with van der Waals surface area (Å²) in [6.45, 7) is 1.79. The molecular weight excluding hydrogens is 1060 g/mol. The first-order chi connectivity index (χ1) is 39.8. The number of hydrogen-bond donors (Lipinski definition) is 12. The molecule has 12 N–H and O–H groups in total. The number of aliphatic hydroxyl groups is 11. The van der Waals surface area contributed by atoms with Gasteiger partial charge in [-0.1, -0.05) is 219 Å². The quantitative estimate of drug-likeness (QED) is 0.0210. The summed E-state index contributed by atoms with van der Waals surface area (Å²) in [6, 6.07) is -0.882. The summed E-state index contributed by atoms with van der Waals surface area (Å²) in [5.74, 6) is -0.241. The van der Waals surface area contributed by atoms with E-state index in [9.17, 15) is 61.0 Å². The minimum Gasteiger partial charge on any atom is -0.394 e. The number of ether oxygens (including phenoxy) is 6. The van der Waals surface area contributed by atoms with E-state index in [1.807, 2.05) is 0 Å². The third-order valence-corrected chi connectivity index (χ3v) is 16.8. The van der Waals surface area contributed by atoms with Crippen molar-refractivity contribution in [1.82, 2.24) is 5.32 Å². The summed E-state index contributed by atoms with van der Waals surface area (Å²) in [5.41, 5.74) is 0. The van der Waals surface area contributed by atoms with Gasteiger partial charge in [-0.3, -0.25) is 4.79 Å². The summed E-state index contributed by atoms with van der Waals surface area (Å²) >= 11 is 0. The molecule has 0 bridgehead atoms. The molecule has 3 heterocycles. The molecule has 0 radical (unpaired) electrons. The van der Waals surface area contributed by atoms with Crippen LogP contribution in [0.5, 0.6) is 0 Å². The summed E-state index contributed by atoms with van der Waals surface area (Å²) in [5, 5.41) is 120. The first-order valence-electron chi connectivity index (χ1n) is 32.9. The van der Waals surface area contributed by atoms with Crippen molar-refractivity contribution in [2.75, 3.05) is 26.4 Å².